The van der Waals surface area contributed by atoms with Crippen molar-refractivity contribution in [2.45, 2.75) is 27.2 Å². The van der Waals surface area contributed by atoms with Gasteiger partial charge in [0.1, 0.15) is 5.78 Å². The quantitative estimate of drug-likeness (QED) is 0.468. The molecular weight excluding hydrogens is 274 g/mol. The van der Waals surface area contributed by atoms with Crippen molar-refractivity contribution in [1.82, 2.24) is 4.90 Å². The Morgan fingerprint density at radius 1 is 1.00 bits per heavy atom. The summed E-state index contributed by atoms with van der Waals surface area (Å²) in [6, 6.07) is 0. The van der Waals surface area contributed by atoms with E-state index < -0.39 is 0 Å². The molecule has 0 aromatic rings. The molecule has 0 saturated carbocycles. The highest BCUT2D eigenvalue weighted by molar-refractivity contribution is 6.12. The van der Waals surface area contributed by atoms with Gasteiger partial charge in [0.05, 0.1) is 33.0 Å². The molecule has 0 aliphatic carbocycles. The Morgan fingerprint density at radius 2 is 1.52 bits per heavy atom. The van der Waals surface area contributed by atoms with Crippen LogP contribution in [0.4, 0.5) is 0 Å². The van der Waals surface area contributed by atoms with Crippen molar-refractivity contribution in [3.8, 4) is 0 Å². The number of ketones is 1. The van der Waals surface area contributed by atoms with Gasteiger partial charge in [-0.05, 0) is 0 Å². The smallest absolute Gasteiger partial charge is 0.253 e. The van der Waals surface area contributed by atoms with Crippen molar-refractivity contribution in [2.75, 3.05) is 33.0 Å². The van der Waals surface area contributed by atoms with Crippen LogP contribution < -0.4 is 0 Å². The van der Waals surface area contributed by atoms with Crippen LogP contribution >= 0.6 is 0 Å². The summed E-state index contributed by atoms with van der Waals surface area (Å²) >= 11 is 0. The van der Waals surface area contributed by atoms with Crippen LogP contribution in [-0.2, 0) is 23.9 Å². The zero-order valence-electron chi connectivity index (χ0n) is 12.9. The molecule has 6 nitrogen and oxygen atoms in total. The van der Waals surface area contributed by atoms with Gasteiger partial charge in [0, 0.05) is 24.0 Å². The van der Waals surface area contributed by atoms with Crippen LogP contribution in [0.25, 0.3) is 0 Å². The number of carbonyl (C=O) groups is 3. The molecule has 118 valence electrons. The highest BCUT2D eigenvalue weighted by Crippen LogP contribution is 2.16. The topological polar surface area (TPSA) is 72.9 Å². The first-order valence-corrected chi connectivity index (χ1v) is 7.04. The summed E-state index contributed by atoms with van der Waals surface area (Å²) in [5, 5.41) is 0. The lowest BCUT2D eigenvalue weighted by atomic mass is 9.89. The summed E-state index contributed by atoms with van der Waals surface area (Å²) < 4.78 is 10.6. The lowest BCUT2D eigenvalue weighted by Gasteiger charge is -2.16. The molecule has 1 rings (SSSR count). The molecule has 0 spiro atoms. The number of imide groups is 1. The second-order valence-corrected chi connectivity index (χ2v) is 5.81. The van der Waals surface area contributed by atoms with Gasteiger partial charge in [-0.25, -0.2) is 0 Å². The summed E-state index contributed by atoms with van der Waals surface area (Å²) in [6.45, 7) is 7.31. The largest absolute Gasteiger partial charge is 0.379 e. The monoisotopic (exact) mass is 297 g/mol. The van der Waals surface area contributed by atoms with Crippen LogP contribution in [-0.4, -0.2) is 55.5 Å². The lowest BCUT2D eigenvalue weighted by molar-refractivity contribution is -0.137. The maximum absolute atomic E-state index is 11.6. The first-order chi connectivity index (χ1) is 9.82. The Balaban J connectivity index is 1.97. The standard InChI is InChI=1S/C15H23NO5/c1-15(2,3)12(17)6-8-20-10-11-21-9-7-16-13(18)4-5-14(16)19/h4-5H,6-11H2,1-3H3. The molecule has 21 heavy (non-hydrogen) atoms. The Bertz CT molecular complexity index is 404. The summed E-state index contributed by atoms with van der Waals surface area (Å²) in [5.74, 6) is -0.442. The first-order valence-electron chi connectivity index (χ1n) is 7.04. The Labute approximate surface area is 125 Å². The molecule has 1 aliphatic heterocycles. The Kier molecular flexibility index (Phi) is 6.71. The maximum Gasteiger partial charge on any atom is 0.253 e. The molecule has 0 N–H and O–H groups in total. The summed E-state index contributed by atoms with van der Waals surface area (Å²) in [4.78, 5) is 35.2. The normalized spacial score (nSPS) is 15.1. The molecule has 0 unspecified atom stereocenters. The molecule has 1 heterocycles. The SMILES string of the molecule is CC(C)(C)C(=O)CCOCCOCCN1C(=O)C=CC1=O. The molecule has 0 bridgehead atoms. The van der Waals surface area contributed by atoms with E-state index in [1.54, 1.807) is 0 Å². The number of hydrogen-bond donors (Lipinski definition) is 0. The zero-order valence-corrected chi connectivity index (χ0v) is 12.9. The third kappa shape index (κ3) is 6.18. The summed E-state index contributed by atoms with van der Waals surface area (Å²) in [5.41, 5.74) is -0.331. The van der Waals surface area contributed by atoms with Crippen molar-refractivity contribution >= 4 is 17.6 Å². The fourth-order valence-electron chi connectivity index (χ4n) is 1.67. The van der Waals surface area contributed by atoms with Crippen molar-refractivity contribution < 1.29 is 23.9 Å². The number of Topliss-reactive ketones (excluding diaryl/α,β-unsaturated/α-hetero) is 1. The lowest BCUT2D eigenvalue weighted by Crippen LogP contribution is -2.33. The molecule has 0 saturated heterocycles. The van der Waals surface area contributed by atoms with Crippen LogP contribution in [0, 0.1) is 5.41 Å². The minimum absolute atomic E-state index is 0.168. The van der Waals surface area contributed by atoms with E-state index in [0.717, 1.165) is 4.90 Å². The van der Waals surface area contributed by atoms with E-state index in [1.165, 1.54) is 12.2 Å². The molecule has 0 atom stereocenters. The summed E-state index contributed by atoms with van der Waals surface area (Å²) in [7, 11) is 0. The average molecular weight is 297 g/mol. The van der Waals surface area contributed by atoms with E-state index in [9.17, 15) is 14.4 Å². The van der Waals surface area contributed by atoms with Crippen molar-refractivity contribution in [1.29, 1.82) is 0 Å². The Hall–Kier alpha value is -1.53. The number of hydrogen-bond acceptors (Lipinski definition) is 5. The maximum atomic E-state index is 11.6. The van der Waals surface area contributed by atoms with Gasteiger partial charge >= 0.3 is 0 Å². The highest BCUT2D eigenvalue weighted by Gasteiger charge is 2.22. The van der Waals surface area contributed by atoms with Gasteiger partial charge in [0.25, 0.3) is 11.8 Å². The highest BCUT2D eigenvalue weighted by atomic mass is 16.5. The van der Waals surface area contributed by atoms with Gasteiger partial charge in [-0.15, -0.1) is 0 Å². The number of amides is 2. The fraction of sp³-hybridized carbons (Fsp3) is 0.667. The van der Waals surface area contributed by atoms with Crippen LogP contribution in [0.2, 0.25) is 0 Å². The number of nitrogens with zero attached hydrogens (tertiary/aromatic N) is 1. The van der Waals surface area contributed by atoms with E-state index in [4.69, 9.17) is 9.47 Å². The predicted octanol–water partition coefficient (Wildman–Crippen LogP) is 0.950. The van der Waals surface area contributed by atoms with E-state index in [0.29, 0.717) is 26.2 Å². The van der Waals surface area contributed by atoms with Crippen LogP contribution in [0.1, 0.15) is 27.2 Å². The van der Waals surface area contributed by atoms with Crippen molar-refractivity contribution in [2.24, 2.45) is 5.41 Å². The molecule has 0 radical (unpaired) electrons. The van der Waals surface area contributed by atoms with Gasteiger partial charge in [-0.1, -0.05) is 20.8 Å². The minimum atomic E-state index is -0.331. The van der Waals surface area contributed by atoms with Crippen LogP contribution in [0.3, 0.4) is 0 Å². The van der Waals surface area contributed by atoms with E-state index in [2.05, 4.69) is 0 Å². The second-order valence-electron chi connectivity index (χ2n) is 5.81. The first kappa shape index (κ1) is 17.5. The van der Waals surface area contributed by atoms with Crippen molar-refractivity contribution in [3.05, 3.63) is 12.2 Å². The minimum Gasteiger partial charge on any atom is -0.379 e. The third-order valence-corrected chi connectivity index (χ3v) is 3.04. The Morgan fingerprint density at radius 3 is 2.05 bits per heavy atom. The van der Waals surface area contributed by atoms with E-state index >= 15 is 0 Å². The van der Waals surface area contributed by atoms with E-state index in [1.807, 2.05) is 20.8 Å². The van der Waals surface area contributed by atoms with Crippen molar-refractivity contribution in [3.63, 3.8) is 0 Å². The number of ether oxygens (including phenoxy) is 2. The van der Waals surface area contributed by atoms with Gasteiger partial charge in [0.2, 0.25) is 0 Å². The molecule has 6 heteroatoms. The van der Waals surface area contributed by atoms with Gasteiger partial charge in [-0.2, -0.15) is 0 Å². The van der Waals surface area contributed by atoms with Gasteiger partial charge in [0.15, 0.2) is 0 Å². The van der Waals surface area contributed by atoms with Crippen LogP contribution in [0.5, 0.6) is 0 Å². The zero-order chi connectivity index (χ0) is 15.9. The molecule has 0 fully saturated rings. The number of carbonyl (C=O) groups excluding carboxylic acids is 3. The van der Waals surface area contributed by atoms with Gasteiger partial charge < -0.3 is 9.47 Å². The second kappa shape index (κ2) is 8.05. The molecule has 0 aromatic carbocycles. The van der Waals surface area contributed by atoms with E-state index in [-0.39, 0.29) is 36.2 Å². The molecule has 2 amide bonds. The molecular formula is C15H23NO5. The summed E-state index contributed by atoms with van der Waals surface area (Å²) in [6.07, 6.45) is 2.89. The number of rotatable bonds is 9. The molecule has 1 aliphatic rings. The molecule has 0 aromatic heterocycles. The van der Waals surface area contributed by atoms with Gasteiger partial charge in [-0.3, -0.25) is 19.3 Å². The predicted molar refractivity (Wildman–Crippen MR) is 76.6 cm³/mol. The average Bonchev–Trinajstić information content (AvgIpc) is 2.71. The third-order valence-electron chi connectivity index (χ3n) is 3.04. The van der Waals surface area contributed by atoms with Crippen LogP contribution in [0.15, 0.2) is 12.2 Å². The fourth-order valence-corrected chi connectivity index (χ4v) is 1.67.